The van der Waals surface area contributed by atoms with E-state index in [1.165, 1.54) is 17.8 Å². The van der Waals surface area contributed by atoms with Crippen LogP contribution in [0.4, 0.5) is 4.39 Å². The minimum Gasteiger partial charge on any atom is -0.390 e. The summed E-state index contributed by atoms with van der Waals surface area (Å²) in [5.74, 6) is 0.635. The van der Waals surface area contributed by atoms with Crippen molar-refractivity contribution in [2.75, 3.05) is 12.4 Å². The van der Waals surface area contributed by atoms with E-state index in [0.717, 1.165) is 11.4 Å². The van der Waals surface area contributed by atoms with Gasteiger partial charge in [-0.05, 0) is 26.0 Å². The molecular formula is C17H19FN4O2S. The Balaban J connectivity index is 1.53. The van der Waals surface area contributed by atoms with Gasteiger partial charge in [0.2, 0.25) is 0 Å². The fourth-order valence-corrected chi connectivity index (χ4v) is 3.32. The van der Waals surface area contributed by atoms with Crippen LogP contribution in [-0.2, 0) is 11.3 Å². The van der Waals surface area contributed by atoms with Crippen molar-refractivity contribution in [3.05, 3.63) is 53.1 Å². The highest BCUT2D eigenvalue weighted by atomic mass is 32.2. The first kappa shape index (κ1) is 17.8. The van der Waals surface area contributed by atoms with Crippen molar-refractivity contribution in [3.8, 4) is 0 Å². The van der Waals surface area contributed by atoms with Gasteiger partial charge >= 0.3 is 0 Å². The molecule has 132 valence electrons. The number of benzene rings is 1. The normalized spacial score (nSPS) is 12.6. The SMILES string of the molecule is Cc1cc(C)n2c(SC[C@H](O)COCc3ccccc3F)nnc2n1. The molecule has 0 aliphatic heterocycles. The summed E-state index contributed by atoms with van der Waals surface area (Å²) >= 11 is 1.38. The number of hydrogen-bond acceptors (Lipinski definition) is 6. The second kappa shape index (κ2) is 7.90. The Bertz CT molecular complexity index is 871. The molecule has 0 bridgehead atoms. The number of halogens is 1. The van der Waals surface area contributed by atoms with Crippen molar-refractivity contribution in [2.45, 2.75) is 31.7 Å². The lowest BCUT2D eigenvalue weighted by Gasteiger charge is -2.11. The zero-order chi connectivity index (χ0) is 17.8. The Morgan fingerprint density at radius 2 is 2.08 bits per heavy atom. The zero-order valence-corrected chi connectivity index (χ0v) is 14.8. The molecule has 8 heteroatoms. The largest absolute Gasteiger partial charge is 0.390 e. The Labute approximate surface area is 149 Å². The van der Waals surface area contributed by atoms with Crippen molar-refractivity contribution in [2.24, 2.45) is 0 Å². The number of aliphatic hydroxyl groups is 1. The van der Waals surface area contributed by atoms with Crippen LogP contribution in [-0.4, -0.2) is 43.2 Å². The molecule has 2 heterocycles. The highest BCUT2D eigenvalue weighted by Crippen LogP contribution is 2.19. The summed E-state index contributed by atoms with van der Waals surface area (Å²) in [5, 5.41) is 18.9. The molecule has 0 saturated carbocycles. The molecule has 0 spiro atoms. The Hall–Kier alpha value is -2.03. The number of rotatable bonds is 7. The van der Waals surface area contributed by atoms with Crippen LogP contribution in [0.1, 0.15) is 17.0 Å². The van der Waals surface area contributed by atoms with Gasteiger partial charge in [-0.2, -0.15) is 0 Å². The molecule has 25 heavy (non-hydrogen) atoms. The minimum atomic E-state index is -0.692. The second-order valence-electron chi connectivity index (χ2n) is 5.73. The van der Waals surface area contributed by atoms with E-state index in [-0.39, 0.29) is 19.0 Å². The molecule has 0 amide bonds. The molecule has 0 aliphatic carbocycles. The van der Waals surface area contributed by atoms with Crippen LogP contribution in [0, 0.1) is 19.7 Å². The van der Waals surface area contributed by atoms with E-state index < -0.39 is 6.10 Å². The number of nitrogens with zero attached hydrogens (tertiary/aromatic N) is 4. The quantitative estimate of drug-likeness (QED) is 0.651. The van der Waals surface area contributed by atoms with Gasteiger partial charge in [0.25, 0.3) is 5.78 Å². The molecule has 0 radical (unpaired) electrons. The first-order valence-electron chi connectivity index (χ1n) is 7.86. The average molecular weight is 362 g/mol. The predicted octanol–water partition coefficient (Wildman–Crippen LogP) is 2.55. The highest BCUT2D eigenvalue weighted by molar-refractivity contribution is 7.99. The summed E-state index contributed by atoms with van der Waals surface area (Å²) in [6.07, 6.45) is -0.692. The number of ether oxygens (including phenoxy) is 1. The maximum Gasteiger partial charge on any atom is 0.256 e. The van der Waals surface area contributed by atoms with Crippen LogP contribution in [0.5, 0.6) is 0 Å². The van der Waals surface area contributed by atoms with Gasteiger partial charge < -0.3 is 9.84 Å². The fraction of sp³-hybridized carbons (Fsp3) is 0.353. The summed E-state index contributed by atoms with van der Waals surface area (Å²) in [6, 6.07) is 8.39. The number of aryl methyl sites for hydroxylation is 2. The van der Waals surface area contributed by atoms with Gasteiger partial charge in [0.05, 0.1) is 19.3 Å². The van der Waals surface area contributed by atoms with Gasteiger partial charge in [0.1, 0.15) is 5.82 Å². The van der Waals surface area contributed by atoms with Crippen molar-refractivity contribution >= 4 is 17.5 Å². The molecule has 0 unspecified atom stereocenters. The van der Waals surface area contributed by atoms with Crippen molar-refractivity contribution < 1.29 is 14.2 Å². The van der Waals surface area contributed by atoms with Crippen LogP contribution < -0.4 is 0 Å². The predicted molar refractivity (Wildman–Crippen MR) is 93.0 cm³/mol. The number of aromatic nitrogens is 4. The molecule has 6 nitrogen and oxygen atoms in total. The number of aliphatic hydroxyl groups excluding tert-OH is 1. The van der Waals surface area contributed by atoms with E-state index in [4.69, 9.17) is 4.74 Å². The molecule has 0 saturated heterocycles. The van der Waals surface area contributed by atoms with Crippen LogP contribution in [0.3, 0.4) is 0 Å². The summed E-state index contributed by atoms with van der Waals surface area (Å²) in [4.78, 5) is 4.33. The molecule has 1 atom stereocenters. The lowest BCUT2D eigenvalue weighted by atomic mass is 10.2. The van der Waals surface area contributed by atoms with E-state index in [1.807, 2.05) is 24.3 Å². The third-order valence-corrected chi connectivity index (χ3v) is 4.67. The van der Waals surface area contributed by atoms with Crippen LogP contribution >= 0.6 is 11.8 Å². The highest BCUT2D eigenvalue weighted by Gasteiger charge is 2.13. The van der Waals surface area contributed by atoms with E-state index in [9.17, 15) is 9.50 Å². The van der Waals surface area contributed by atoms with E-state index >= 15 is 0 Å². The second-order valence-corrected chi connectivity index (χ2v) is 6.72. The van der Waals surface area contributed by atoms with Crippen molar-refractivity contribution in [1.82, 2.24) is 19.6 Å². The zero-order valence-electron chi connectivity index (χ0n) is 14.0. The van der Waals surface area contributed by atoms with Gasteiger partial charge in [0.15, 0.2) is 5.16 Å². The summed E-state index contributed by atoms with van der Waals surface area (Å²) < 4.78 is 20.7. The molecule has 1 aromatic carbocycles. The first-order chi connectivity index (χ1) is 12.0. The van der Waals surface area contributed by atoms with Crippen LogP contribution in [0.15, 0.2) is 35.5 Å². The Morgan fingerprint density at radius 1 is 1.28 bits per heavy atom. The Kier molecular flexibility index (Phi) is 5.62. The minimum absolute atomic E-state index is 0.119. The van der Waals surface area contributed by atoms with Crippen molar-refractivity contribution in [1.29, 1.82) is 0 Å². The number of hydrogen-bond donors (Lipinski definition) is 1. The summed E-state index contributed by atoms with van der Waals surface area (Å²) in [6.45, 7) is 4.12. The summed E-state index contributed by atoms with van der Waals surface area (Å²) in [5.41, 5.74) is 2.35. The van der Waals surface area contributed by atoms with Crippen LogP contribution in [0.25, 0.3) is 5.78 Å². The maximum absolute atomic E-state index is 13.5. The van der Waals surface area contributed by atoms with Gasteiger partial charge in [-0.3, -0.25) is 4.40 Å². The molecule has 1 N–H and O–H groups in total. The summed E-state index contributed by atoms with van der Waals surface area (Å²) in [7, 11) is 0. The van der Waals surface area contributed by atoms with Gasteiger partial charge in [-0.25, -0.2) is 9.37 Å². The molecule has 3 aromatic rings. The van der Waals surface area contributed by atoms with Gasteiger partial charge in [-0.15, -0.1) is 10.2 Å². The molecule has 3 rings (SSSR count). The van der Waals surface area contributed by atoms with Crippen LogP contribution in [0.2, 0.25) is 0 Å². The van der Waals surface area contributed by atoms with Gasteiger partial charge in [-0.1, -0.05) is 30.0 Å². The smallest absolute Gasteiger partial charge is 0.256 e. The topological polar surface area (TPSA) is 72.5 Å². The van der Waals surface area contributed by atoms with Gasteiger partial charge in [0, 0.05) is 22.7 Å². The monoisotopic (exact) mass is 362 g/mol. The first-order valence-corrected chi connectivity index (χ1v) is 8.84. The lowest BCUT2D eigenvalue weighted by Crippen LogP contribution is -2.18. The third kappa shape index (κ3) is 4.33. The molecule has 0 aliphatic rings. The van der Waals surface area contributed by atoms with E-state index in [0.29, 0.717) is 22.3 Å². The maximum atomic E-state index is 13.5. The average Bonchev–Trinajstić information content (AvgIpc) is 2.98. The number of thioether (sulfide) groups is 1. The lowest BCUT2D eigenvalue weighted by molar-refractivity contribution is 0.0386. The van der Waals surface area contributed by atoms with E-state index in [1.54, 1.807) is 18.2 Å². The number of fused-ring (bicyclic) bond motifs is 1. The molecule has 0 fully saturated rings. The third-order valence-electron chi connectivity index (χ3n) is 3.59. The van der Waals surface area contributed by atoms with Crippen molar-refractivity contribution in [3.63, 3.8) is 0 Å². The molecule has 2 aromatic heterocycles. The fourth-order valence-electron chi connectivity index (χ4n) is 2.43. The standard InChI is InChI=1S/C17H19FN4O2S/c1-11-7-12(2)22-16(19-11)20-21-17(22)25-10-14(23)9-24-8-13-5-3-4-6-15(13)18/h3-7,14,23H,8-10H2,1-2H3/t14-/m1/s1. The Morgan fingerprint density at radius 3 is 2.88 bits per heavy atom. The van der Waals surface area contributed by atoms with E-state index in [2.05, 4.69) is 15.2 Å². The molecular weight excluding hydrogens is 343 g/mol.